The third-order valence-corrected chi connectivity index (χ3v) is 14.3. The maximum Gasteiger partial charge on any atom is 0.324 e. The fraction of sp³-hybridized carbons (Fsp3) is 0.509. The van der Waals surface area contributed by atoms with Gasteiger partial charge in [0.15, 0.2) is 0 Å². The molecular weight excluding hydrogens is 847 g/mol. The minimum Gasteiger partial charge on any atom is -0.464 e. The van der Waals surface area contributed by atoms with Crippen LogP contribution in [-0.2, 0) is 52.8 Å². The number of hydrogen-bond donors (Lipinski definition) is 2. The number of esters is 1. The van der Waals surface area contributed by atoms with E-state index in [4.69, 9.17) is 14.5 Å². The molecule has 1 unspecified atom stereocenters. The van der Waals surface area contributed by atoms with Crippen molar-refractivity contribution in [2.75, 3.05) is 39.9 Å². The number of hydrazine groups is 1. The van der Waals surface area contributed by atoms with Gasteiger partial charge in [-0.3, -0.25) is 34.0 Å². The maximum absolute atomic E-state index is 14.8. The number of likely N-dealkylation sites (tertiary alicyclic amines) is 2. The van der Waals surface area contributed by atoms with Crippen molar-refractivity contribution in [2.24, 2.45) is 16.7 Å². The fourth-order valence-corrected chi connectivity index (χ4v) is 10.8. The van der Waals surface area contributed by atoms with Gasteiger partial charge in [0, 0.05) is 74.3 Å². The zero-order valence-corrected chi connectivity index (χ0v) is 40.2. The minimum atomic E-state index is -1.04. The quantitative estimate of drug-likeness (QED) is 0.154. The highest BCUT2D eigenvalue weighted by Crippen LogP contribution is 2.44. The number of aryl methyl sites for hydroxylation is 1. The number of ether oxygens (including phenoxy) is 2. The first kappa shape index (κ1) is 47.5. The van der Waals surface area contributed by atoms with Gasteiger partial charge in [0.2, 0.25) is 11.8 Å². The van der Waals surface area contributed by atoms with E-state index in [0.717, 1.165) is 50.1 Å². The van der Waals surface area contributed by atoms with Crippen molar-refractivity contribution in [2.45, 2.75) is 118 Å². The summed E-state index contributed by atoms with van der Waals surface area (Å²) in [6.07, 6.45) is 4.34. The van der Waals surface area contributed by atoms with Crippen LogP contribution in [-0.4, -0.2) is 112 Å². The topological polar surface area (TPSA) is 155 Å². The molecule has 2 aromatic carbocycles. The molecule has 3 fully saturated rings. The largest absolute Gasteiger partial charge is 0.464 e. The molecule has 0 aliphatic carbocycles. The second-order valence-corrected chi connectivity index (χ2v) is 19.9. The van der Waals surface area contributed by atoms with Gasteiger partial charge >= 0.3 is 5.97 Å². The van der Waals surface area contributed by atoms with E-state index in [-0.39, 0.29) is 49.3 Å². The molecule has 67 heavy (non-hydrogen) atoms. The number of nitrogens with one attached hydrogen (secondary N) is 2. The second kappa shape index (κ2) is 19.3. The molecule has 354 valence electrons. The van der Waals surface area contributed by atoms with Crippen molar-refractivity contribution in [1.82, 2.24) is 35.1 Å². The highest BCUT2D eigenvalue weighted by molar-refractivity contribution is 5.98. The number of aromatic nitrogens is 2. The Bertz CT molecular complexity index is 2640. The zero-order chi connectivity index (χ0) is 47.8. The Balaban J connectivity index is 1.18. The molecule has 14 heteroatoms. The summed E-state index contributed by atoms with van der Waals surface area (Å²) in [6.45, 7) is 16.0. The van der Waals surface area contributed by atoms with E-state index in [1.165, 1.54) is 5.01 Å². The van der Waals surface area contributed by atoms with E-state index in [9.17, 15) is 24.0 Å². The molecule has 4 aliphatic rings. The Morgan fingerprint density at radius 2 is 1.79 bits per heavy atom. The lowest BCUT2D eigenvalue weighted by Gasteiger charge is -2.37. The molecule has 4 aromatic rings. The number of nitrogens with zero attached hydrogens (tertiary/aromatic N) is 5. The summed E-state index contributed by atoms with van der Waals surface area (Å²) in [5.41, 5.74) is 9.74. The van der Waals surface area contributed by atoms with Crippen LogP contribution < -0.4 is 10.7 Å². The van der Waals surface area contributed by atoms with Gasteiger partial charge in [-0.2, -0.15) is 0 Å². The third-order valence-electron chi connectivity index (χ3n) is 14.3. The summed E-state index contributed by atoms with van der Waals surface area (Å²) in [5, 5.41) is 5.64. The fourth-order valence-electron chi connectivity index (χ4n) is 10.8. The van der Waals surface area contributed by atoms with Crippen LogP contribution in [0.1, 0.15) is 97.1 Å². The van der Waals surface area contributed by atoms with Crippen LogP contribution in [0, 0.1) is 28.6 Å². The van der Waals surface area contributed by atoms with Crippen molar-refractivity contribution < 1.29 is 33.4 Å². The van der Waals surface area contributed by atoms with Crippen molar-refractivity contribution in [3.05, 3.63) is 77.6 Å². The smallest absolute Gasteiger partial charge is 0.324 e. The molecule has 1 spiro atoms. The predicted molar refractivity (Wildman–Crippen MR) is 256 cm³/mol. The molecular formula is C53H65N7O7. The Morgan fingerprint density at radius 3 is 2.54 bits per heavy atom. The van der Waals surface area contributed by atoms with Gasteiger partial charge in [-0.05, 0) is 111 Å². The number of fused-ring (bicyclic) bond motifs is 6. The first-order valence-electron chi connectivity index (χ1n) is 23.9. The van der Waals surface area contributed by atoms with E-state index in [1.807, 2.05) is 39.0 Å². The highest BCUT2D eigenvalue weighted by Gasteiger charge is 2.54. The highest BCUT2D eigenvalue weighted by atomic mass is 16.5. The Hall–Kier alpha value is -6.04. The number of hydrogen-bond acceptors (Lipinski definition) is 9. The number of methoxy groups -OCH3 is 1. The lowest BCUT2D eigenvalue weighted by molar-refractivity contribution is -0.155. The molecule has 5 atom stereocenters. The normalized spacial score (nSPS) is 22.9. The van der Waals surface area contributed by atoms with Gasteiger partial charge in [-0.15, -0.1) is 0 Å². The number of pyridine rings is 1. The van der Waals surface area contributed by atoms with Crippen molar-refractivity contribution >= 4 is 40.5 Å². The molecule has 0 saturated carbocycles. The second-order valence-electron chi connectivity index (χ2n) is 19.9. The summed E-state index contributed by atoms with van der Waals surface area (Å²) >= 11 is 0. The molecule has 0 radical (unpaired) electrons. The van der Waals surface area contributed by atoms with E-state index >= 15 is 0 Å². The average Bonchev–Trinajstić information content (AvgIpc) is 3.99. The number of amides is 4. The molecule has 2 aromatic heterocycles. The van der Waals surface area contributed by atoms with Crippen molar-refractivity contribution in [3.63, 3.8) is 0 Å². The zero-order valence-electron chi connectivity index (χ0n) is 40.2. The number of cyclic esters (lactones) is 1. The molecule has 4 aliphatic heterocycles. The molecule has 14 nitrogen and oxygen atoms in total. The summed E-state index contributed by atoms with van der Waals surface area (Å²) < 4.78 is 14.3. The Labute approximate surface area is 394 Å². The maximum atomic E-state index is 14.8. The van der Waals surface area contributed by atoms with Crippen LogP contribution in [0.2, 0.25) is 0 Å². The lowest BCUT2D eigenvalue weighted by Crippen LogP contribution is -2.62. The first-order chi connectivity index (χ1) is 32.1. The number of carbonyl (C=O) groups is 5. The van der Waals surface area contributed by atoms with Crippen molar-refractivity contribution in [1.29, 1.82) is 0 Å². The lowest BCUT2D eigenvalue weighted by atomic mass is 9.84. The SMILES string of the molecule is CC#CC(=O)N1CC[C@]2(CCN(C(C(=O)N[C@H]3Cc4cccc(c4)-c4ccc5c(c4)c(c(-c4cccnc4[C@H](C)OC)n5CC)CC(C)(C)COC(=O)[C@@H]4CCCN(N4)C3=O)C(C)C)C2=O)C1. The van der Waals surface area contributed by atoms with Gasteiger partial charge < -0.3 is 29.2 Å². The molecule has 6 heterocycles. The van der Waals surface area contributed by atoms with E-state index in [1.54, 1.807) is 30.0 Å². The van der Waals surface area contributed by atoms with Crippen LogP contribution in [0.3, 0.4) is 0 Å². The Morgan fingerprint density at radius 1 is 1.01 bits per heavy atom. The average molecular weight is 912 g/mol. The van der Waals surface area contributed by atoms with E-state index in [2.05, 4.69) is 84.3 Å². The van der Waals surface area contributed by atoms with Crippen LogP contribution in [0.4, 0.5) is 0 Å². The van der Waals surface area contributed by atoms with Crippen molar-refractivity contribution in [3.8, 4) is 34.2 Å². The van der Waals surface area contributed by atoms with Crippen LogP contribution in [0.5, 0.6) is 0 Å². The Kier molecular flexibility index (Phi) is 13.7. The van der Waals surface area contributed by atoms with Gasteiger partial charge in [0.25, 0.3) is 11.8 Å². The predicted octanol–water partition coefficient (Wildman–Crippen LogP) is 6.24. The van der Waals surface area contributed by atoms with Crippen LogP contribution in [0.25, 0.3) is 33.3 Å². The molecule has 6 bridgehead atoms. The summed E-state index contributed by atoms with van der Waals surface area (Å²) in [6, 6.07) is 16.0. The molecule has 4 amide bonds. The van der Waals surface area contributed by atoms with Gasteiger partial charge in [0.1, 0.15) is 18.1 Å². The minimum absolute atomic E-state index is 0.138. The van der Waals surface area contributed by atoms with Gasteiger partial charge in [-0.25, -0.2) is 5.43 Å². The van der Waals surface area contributed by atoms with Gasteiger partial charge in [-0.1, -0.05) is 63.9 Å². The van der Waals surface area contributed by atoms with Crippen LogP contribution in [0.15, 0.2) is 60.8 Å². The number of rotatable bonds is 8. The first-order valence-corrected chi connectivity index (χ1v) is 23.9. The number of benzene rings is 2. The van der Waals surface area contributed by atoms with Crippen LogP contribution >= 0.6 is 0 Å². The standard InChI is InChI=1S/C53H65N7O7/c1-9-14-44(61)57-25-21-53(31-57)22-26-59(51(53)65)46(33(3)4)48(62)55-42-28-35-15-11-16-36(27-35)37-19-20-43-39(29-37)40(47(58(43)10-2)38-17-12-23-54-45(38)34(5)66-8)30-52(6,7)32-67-50(64)41-18-13-24-60(56-41)49(42)63/h11-12,15-17,19-20,23,27,29,33-34,41-42,46,56H,10,13,18,21-22,24-26,28,30-32H2,1-8H3,(H,55,62)/t34-,41-,42-,46?,53-/m0/s1. The molecule has 2 N–H and O–H groups in total. The monoisotopic (exact) mass is 911 g/mol. The summed E-state index contributed by atoms with van der Waals surface area (Å²) in [4.78, 5) is 78.6. The van der Waals surface area contributed by atoms with E-state index in [0.29, 0.717) is 58.3 Å². The number of carbonyl (C=O) groups excluding carboxylic acids is 5. The summed E-state index contributed by atoms with van der Waals surface area (Å²) in [5.74, 6) is 3.25. The van der Waals surface area contributed by atoms with E-state index < -0.39 is 40.8 Å². The molecule has 3 saturated heterocycles. The summed E-state index contributed by atoms with van der Waals surface area (Å²) in [7, 11) is 1.69. The third kappa shape index (κ3) is 9.33. The molecule has 8 rings (SSSR count). The van der Waals surface area contributed by atoms with Gasteiger partial charge in [0.05, 0.1) is 29.5 Å².